The van der Waals surface area contributed by atoms with Crippen molar-refractivity contribution in [2.24, 2.45) is 0 Å². The SMILES string of the molecule is Cc1ccc(NC(=O)Cc2nc(COC(=O)/C=C/c3ccc(Cl)c([N+](=O)[O-])c3)cs2)cc1. The molecule has 1 amide bonds. The zero-order chi connectivity index (χ0) is 23.1. The van der Waals surface area contributed by atoms with Crippen molar-refractivity contribution in [1.29, 1.82) is 0 Å². The summed E-state index contributed by atoms with van der Waals surface area (Å²) in [6.45, 7) is 1.91. The highest BCUT2D eigenvalue weighted by Gasteiger charge is 2.12. The van der Waals surface area contributed by atoms with Crippen molar-refractivity contribution in [1.82, 2.24) is 4.98 Å². The summed E-state index contributed by atoms with van der Waals surface area (Å²) in [5.74, 6) is -0.819. The van der Waals surface area contributed by atoms with E-state index in [1.807, 2.05) is 31.2 Å². The van der Waals surface area contributed by atoms with Crippen LogP contribution in [0.4, 0.5) is 11.4 Å². The van der Waals surface area contributed by atoms with E-state index in [9.17, 15) is 19.7 Å². The normalized spacial score (nSPS) is 10.8. The van der Waals surface area contributed by atoms with E-state index < -0.39 is 10.9 Å². The zero-order valence-electron chi connectivity index (χ0n) is 16.9. The van der Waals surface area contributed by atoms with E-state index in [-0.39, 0.29) is 29.6 Å². The number of aryl methyl sites for hydroxylation is 1. The molecule has 2 aromatic carbocycles. The highest BCUT2D eigenvalue weighted by molar-refractivity contribution is 7.09. The second-order valence-corrected chi connectivity index (χ2v) is 8.08. The average Bonchev–Trinajstić information content (AvgIpc) is 3.20. The number of amides is 1. The van der Waals surface area contributed by atoms with Crippen molar-refractivity contribution in [3.8, 4) is 0 Å². The Labute approximate surface area is 192 Å². The quantitative estimate of drug-likeness (QED) is 0.215. The molecule has 0 bridgehead atoms. The number of carbonyl (C=O) groups excluding carboxylic acids is 2. The predicted octanol–water partition coefficient (Wildman–Crippen LogP) is 4.95. The smallest absolute Gasteiger partial charge is 0.331 e. The van der Waals surface area contributed by atoms with Crippen molar-refractivity contribution in [3.05, 3.63) is 90.9 Å². The molecular formula is C22H18ClN3O5S. The van der Waals surface area contributed by atoms with Crippen molar-refractivity contribution in [2.75, 3.05) is 5.32 Å². The Morgan fingerprint density at radius 1 is 1.25 bits per heavy atom. The van der Waals surface area contributed by atoms with E-state index in [0.717, 1.165) is 11.6 Å². The maximum atomic E-state index is 12.2. The zero-order valence-corrected chi connectivity index (χ0v) is 18.5. The topological polar surface area (TPSA) is 111 Å². The van der Waals surface area contributed by atoms with Gasteiger partial charge in [0.2, 0.25) is 5.91 Å². The summed E-state index contributed by atoms with van der Waals surface area (Å²) in [6, 6.07) is 11.7. The summed E-state index contributed by atoms with van der Waals surface area (Å²) in [7, 11) is 0. The first-order valence-electron chi connectivity index (χ1n) is 9.39. The minimum Gasteiger partial charge on any atom is -0.456 e. The molecule has 0 atom stereocenters. The number of nitro benzene ring substituents is 1. The van der Waals surface area contributed by atoms with Gasteiger partial charge in [0.15, 0.2) is 0 Å². The molecular weight excluding hydrogens is 454 g/mol. The minimum atomic E-state index is -0.630. The monoisotopic (exact) mass is 471 g/mol. The van der Waals surface area contributed by atoms with Gasteiger partial charge in [0.1, 0.15) is 16.6 Å². The molecule has 1 N–H and O–H groups in total. The van der Waals surface area contributed by atoms with Gasteiger partial charge in [0.05, 0.1) is 17.0 Å². The van der Waals surface area contributed by atoms with Crippen LogP contribution < -0.4 is 5.32 Å². The number of rotatable bonds is 8. The number of carbonyl (C=O) groups is 2. The lowest BCUT2D eigenvalue weighted by atomic mass is 10.2. The van der Waals surface area contributed by atoms with Gasteiger partial charge in [-0.2, -0.15) is 0 Å². The molecule has 0 saturated heterocycles. The lowest BCUT2D eigenvalue weighted by molar-refractivity contribution is -0.384. The Bertz CT molecular complexity index is 1170. The Hall–Kier alpha value is -3.56. The summed E-state index contributed by atoms with van der Waals surface area (Å²) >= 11 is 7.06. The largest absolute Gasteiger partial charge is 0.456 e. The van der Waals surface area contributed by atoms with Crippen molar-refractivity contribution in [2.45, 2.75) is 20.0 Å². The van der Waals surface area contributed by atoms with Crippen LogP contribution in [-0.4, -0.2) is 21.8 Å². The number of hydrogen-bond donors (Lipinski definition) is 1. The highest BCUT2D eigenvalue weighted by atomic mass is 35.5. The molecule has 0 spiro atoms. The third-order valence-electron chi connectivity index (χ3n) is 4.19. The number of esters is 1. The number of thiazole rings is 1. The van der Waals surface area contributed by atoms with Gasteiger partial charge < -0.3 is 10.1 Å². The van der Waals surface area contributed by atoms with Gasteiger partial charge in [-0.05, 0) is 36.8 Å². The number of ether oxygens (including phenoxy) is 1. The molecule has 0 aliphatic rings. The molecule has 0 aliphatic carbocycles. The van der Waals surface area contributed by atoms with Gasteiger partial charge in [0.25, 0.3) is 5.69 Å². The van der Waals surface area contributed by atoms with Crippen LogP contribution in [0.2, 0.25) is 5.02 Å². The second kappa shape index (κ2) is 10.7. The van der Waals surface area contributed by atoms with E-state index in [1.54, 1.807) is 11.4 Å². The number of anilines is 1. The lowest BCUT2D eigenvalue weighted by Crippen LogP contribution is -2.14. The van der Waals surface area contributed by atoms with Crippen molar-refractivity contribution in [3.63, 3.8) is 0 Å². The standard InChI is InChI=1S/C22H18ClN3O5S/c1-14-2-6-16(7-3-14)24-20(27)11-21-25-17(13-32-21)12-31-22(28)9-5-15-4-8-18(23)19(10-15)26(29)30/h2-10,13H,11-12H2,1H3,(H,24,27)/b9-5+. The number of aromatic nitrogens is 1. The molecule has 1 aromatic heterocycles. The van der Waals surface area contributed by atoms with E-state index in [4.69, 9.17) is 16.3 Å². The third kappa shape index (κ3) is 6.73. The fourth-order valence-corrected chi connectivity index (χ4v) is 3.57. The lowest BCUT2D eigenvalue weighted by Gasteiger charge is -2.04. The maximum Gasteiger partial charge on any atom is 0.331 e. The summed E-state index contributed by atoms with van der Waals surface area (Å²) in [4.78, 5) is 38.7. The Kier molecular flexibility index (Phi) is 7.69. The fourth-order valence-electron chi connectivity index (χ4n) is 2.61. The Balaban J connectivity index is 1.49. The van der Waals surface area contributed by atoms with Crippen LogP contribution in [-0.2, 0) is 27.4 Å². The summed E-state index contributed by atoms with van der Waals surface area (Å²) in [6.07, 6.45) is 2.67. The van der Waals surface area contributed by atoms with Crippen LogP contribution in [0.25, 0.3) is 6.08 Å². The predicted molar refractivity (Wildman–Crippen MR) is 123 cm³/mol. The second-order valence-electron chi connectivity index (χ2n) is 6.73. The highest BCUT2D eigenvalue weighted by Crippen LogP contribution is 2.25. The molecule has 0 aliphatic heterocycles. The summed E-state index contributed by atoms with van der Waals surface area (Å²) < 4.78 is 5.13. The van der Waals surface area contributed by atoms with Gasteiger partial charge in [-0.15, -0.1) is 11.3 Å². The molecule has 3 rings (SSSR count). The molecule has 0 fully saturated rings. The fraction of sp³-hybridized carbons (Fsp3) is 0.136. The van der Waals surface area contributed by atoms with Gasteiger partial charge >= 0.3 is 5.97 Å². The van der Waals surface area contributed by atoms with Crippen molar-refractivity contribution >= 4 is 52.3 Å². The molecule has 164 valence electrons. The molecule has 1 heterocycles. The van der Waals surface area contributed by atoms with Gasteiger partial charge in [-0.25, -0.2) is 9.78 Å². The van der Waals surface area contributed by atoms with Gasteiger partial charge in [-0.1, -0.05) is 35.4 Å². The molecule has 3 aromatic rings. The van der Waals surface area contributed by atoms with Gasteiger partial charge in [0, 0.05) is 23.2 Å². The van der Waals surface area contributed by atoms with Crippen molar-refractivity contribution < 1.29 is 19.2 Å². The number of halogens is 1. The summed E-state index contributed by atoms with van der Waals surface area (Å²) in [5.41, 5.74) is 2.53. The first-order chi connectivity index (χ1) is 15.3. The van der Waals surface area contributed by atoms with Crippen LogP contribution in [0.1, 0.15) is 21.8 Å². The Morgan fingerprint density at radius 2 is 2.00 bits per heavy atom. The molecule has 8 nitrogen and oxygen atoms in total. The minimum absolute atomic E-state index is 0.0154. The number of nitrogens with one attached hydrogen (secondary N) is 1. The Morgan fingerprint density at radius 3 is 2.72 bits per heavy atom. The van der Waals surface area contributed by atoms with Gasteiger partial charge in [-0.3, -0.25) is 14.9 Å². The van der Waals surface area contributed by atoms with Crippen LogP contribution in [0.3, 0.4) is 0 Å². The average molecular weight is 472 g/mol. The maximum absolute atomic E-state index is 12.2. The van der Waals surface area contributed by atoms with E-state index in [1.165, 1.54) is 29.5 Å². The summed E-state index contributed by atoms with van der Waals surface area (Å²) in [5, 5.41) is 16.1. The van der Waals surface area contributed by atoms with E-state index >= 15 is 0 Å². The number of benzene rings is 2. The number of nitro groups is 1. The first kappa shape index (κ1) is 23.1. The van der Waals surface area contributed by atoms with Crippen LogP contribution in [0.15, 0.2) is 53.9 Å². The molecule has 32 heavy (non-hydrogen) atoms. The molecule has 0 radical (unpaired) electrons. The third-order valence-corrected chi connectivity index (χ3v) is 5.40. The molecule has 0 unspecified atom stereocenters. The molecule has 0 saturated carbocycles. The van der Waals surface area contributed by atoms with Crippen LogP contribution in [0, 0.1) is 17.0 Å². The van der Waals surface area contributed by atoms with Crippen LogP contribution in [0.5, 0.6) is 0 Å². The number of nitrogens with zero attached hydrogens (tertiary/aromatic N) is 2. The van der Waals surface area contributed by atoms with Crippen LogP contribution >= 0.6 is 22.9 Å². The first-order valence-corrected chi connectivity index (χ1v) is 10.6. The number of hydrogen-bond acceptors (Lipinski definition) is 7. The van der Waals surface area contributed by atoms with E-state index in [2.05, 4.69) is 10.3 Å². The van der Waals surface area contributed by atoms with E-state index in [0.29, 0.717) is 22.0 Å². The molecule has 10 heteroatoms.